The molecule has 1 aliphatic heterocycles. The Hall–Kier alpha value is -2.88. The topological polar surface area (TPSA) is 54.3 Å². The lowest BCUT2D eigenvalue weighted by atomic mass is 10.1. The zero-order valence-electron chi connectivity index (χ0n) is 15.6. The highest BCUT2D eigenvalue weighted by molar-refractivity contribution is 7.13. The molecule has 4 rings (SSSR count). The van der Waals surface area contributed by atoms with Gasteiger partial charge in [-0.2, -0.15) is 18.3 Å². The van der Waals surface area contributed by atoms with Crippen LogP contribution < -0.4 is 4.90 Å². The molecule has 0 radical (unpaired) electrons. The Morgan fingerprint density at radius 3 is 2.59 bits per heavy atom. The zero-order chi connectivity index (χ0) is 20.6. The smallest absolute Gasteiger partial charge is 0.368 e. The third-order valence-electron chi connectivity index (χ3n) is 4.78. The summed E-state index contributed by atoms with van der Waals surface area (Å²) in [4.78, 5) is 20.7. The Morgan fingerprint density at radius 1 is 1.17 bits per heavy atom. The average Bonchev–Trinajstić information content (AvgIpc) is 3.36. The van der Waals surface area contributed by atoms with E-state index < -0.39 is 11.7 Å². The van der Waals surface area contributed by atoms with E-state index in [0.717, 1.165) is 22.7 Å². The molecule has 0 bridgehead atoms. The van der Waals surface area contributed by atoms with Crippen molar-refractivity contribution in [3.05, 3.63) is 53.3 Å². The molecule has 1 fully saturated rings. The number of anilines is 1. The SMILES string of the molecule is Cn1cc(-c2nc(C(=O)N3CCN(c4cccc(C(F)(F)F)c4)CC3)cs2)cn1. The van der Waals surface area contributed by atoms with Crippen LogP contribution in [0.15, 0.2) is 42.0 Å². The van der Waals surface area contributed by atoms with Gasteiger partial charge in [-0.05, 0) is 18.2 Å². The number of aromatic nitrogens is 3. The van der Waals surface area contributed by atoms with Gasteiger partial charge in [-0.25, -0.2) is 4.98 Å². The molecule has 152 valence electrons. The molecule has 10 heteroatoms. The number of hydrogen-bond donors (Lipinski definition) is 0. The lowest BCUT2D eigenvalue weighted by molar-refractivity contribution is -0.137. The Morgan fingerprint density at radius 2 is 1.93 bits per heavy atom. The Labute approximate surface area is 169 Å². The van der Waals surface area contributed by atoms with Gasteiger partial charge in [0.15, 0.2) is 0 Å². The van der Waals surface area contributed by atoms with E-state index >= 15 is 0 Å². The maximum absolute atomic E-state index is 12.9. The van der Waals surface area contributed by atoms with Crippen LogP contribution in [0.3, 0.4) is 0 Å². The molecule has 1 aliphatic rings. The number of hydrogen-bond acceptors (Lipinski definition) is 5. The number of thiazole rings is 1. The van der Waals surface area contributed by atoms with Crippen molar-refractivity contribution in [1.29, 1.82) is 0 Å². The molecule has 2 aromatic heterocycles. The second-order valence-corrected chi connectivity index (χ2v) is 7.63. The molecule has 0 unspecified atom stereocenters. The van der Waals surface area contributed by atoms with E-state index in [2.05, 4.69) is 10.1 Å². The quantitative estimate of drug-likeness (QED) is 0.649. The maximum Gasteiger partial charge on any atom is 0.416 e. The van der Waals surface area contributed by atoms with Crippen molar-refractivity contribution in [3.8, 4) is 10.6 Å². The van der Waals surface area contributed by atoms with Crippen LogP contribution in [0.2, 0.25) is 0 Å². The first-order chi connectivity index (χ1) is 13.8. The molecule has 0 atom stereocenters. The third-order valence-corrected chi connectivity index (χ3v) is 5.67. The summed E-state index contributed by atoms with van der Waals surface area (Å²) in [5.74, 6) is -0.167. The summed E-state index contributed by atoms with van der Waals surface area (Å²) in [6.07, 6.45) is -0.841. The normalized spacial score (nSPS) is 15.0. The summed E-state index contributed by atoms with van der Waals surface area (Å²) in [7, 11) is 1.81. The standard InChI is InChI=1S/C19H18F3N5OS/c1-25-11-13(10-23-25)17-24-16(12-29-17)18(28)27-7-5-26(6-8-27)15-4-2-3-14(9-15)19(20,21)22/h2-4,9-12H,5-8H2,1H3. The number of alkyl halides is 3. The number of carbonyl (C=O) groups excluding carboxylic acids is 1. The van der Waals surface area contributed by atoms with Crippen molar-refractivity contribution in [2.45, 2.75) is 6.18 Å². The number of rotatable bonds is 3. The van der Waals surface area contributed by atoms with Crippen LogP contribution >= 0.6 is 11.3 Å². The molecule has 29 heavy (non-hydrogen) atoms. The van der Waals surface area contributed by atoms with Crippen molar-refractivity contribution >= 4 is 22.9 Å². The van der Waals surface area contributed by atoms with E-state index in [4.69, 9.17) is 0 Å². The molecule has 1 amide bonds. The molecule has 0 spiro atoms. The number of nitrogens with zero attached hydrogens (tertiary/aromatic N) is 5. The maximum atomic E-state index is 12.9. The zero-order valence-corrected chi connectivity index (χ0v) is 16.4. The number of amides is 1. The summed E-state index contributed by atoms with van der Waals surface area (Å²) < 4.78 is 40.5. The van der Waals surface area contributed by atoms with E-state index in [9.17, 15) is 18.0 Å². The van der Waals surface area contributed by atoms with Crippen molar-refractivity contribution in [1.82, 2.24) is 19.7 Å². The van der Waals surface area contributed by atoms with E-state index in [-0.39, 0.29) is 5.91 Å². The van der Waals surface area contributed by atoms with Crippen LogP contribution in [0.1, 0.15) is 16.1 Å². The van der Waals surface area contributed by atoms with Gasteiger partial charge in [0.25, 0.3) is 5.91 Å². The minimum Gasteiger partial charge on any atom is -0.368 e. The minimum absolute atomic E-state index is 0.167. The van der Waals surface area contributed by atoms with Crippen LogP contribution in [-0.2, 0) is 13.2 Å². The van der Waals surface area contributed by atoms with Crippen LogP contribution in [0.5, 0.6) is 0 Å². The van der Waals surface area contributed by atoms with Crippen LogP contribution in [0.25, 0.3) is 10.6 Å². The Bertz CT molecular complexity index is 1020. The largest absolute Gasteiger partial charge is 0.416 e. The second kappa shape index (κ2) is 7.51. The summed E-state index contributed by atoms with van der Waals surface area (Å²) >= 11 is 1.38. The Kier molecular flexibility index (Phi) is 5.03. The van der Waals surface area contributed by atoms with Gasteiger partial charge in [0.05, 0.1) is 11.8 Å². The number of aryl methyl sites for hydroxylation is 1. The van der Waals surface area contributed by atoms with Gasteiger partial charge in [-0.15, -0.1) is 11.3 Å². The molecular weight excluding hydrogens is 403 g/mol. The van der Waals surface area contributed by atoms with Gasteiger partial charge < -0.3 is 9.80 Å². The van der Waals surface area contributed by atoms with E-state index in [1.807, 2.05) is 18.1 Å². The lowest BCUT2D eigenvalue weighted by Crippen LogP contribution is -2.48. The monoisotopic (exact) mass is 421 g/mol. The highest BCUT2D eigenvalue weighted by Gasteiger charge is 2.31. The molecule has 6 nitrogen and oxygen atoms in total. The first-order valence-electron chi connectivity index (χ1n) is 8.97. The van der Waals surface area contributed by atoms with Crippen molar-refractivity contribution in [2.75, 3.05) is 31.1 Å². The van der Waals surface area contributed by atoms with E-state index in [1.54, 1.807) is 27.2 Å². The van der Waals surface area contributed by atoms with E-state index in [1.165, 1.54) is 17.4 Å². The van der Waals surface area contributed by atoms with Crippen LogP contribution in [0, 0.1) is 0 Å². The first-order valence-corrected chi connectivity index (χ1v) is 9.85. The fourth-order valence-electron chi connectivity index (χ4n) is 3.24. The number of halogens is 3. The van der Waals surface area contributed by atoms with Gasteiger partial charge in [0.2, 0.25) is 0 Å². The molecule has 3 heterocycles. The summed E-state index contributed by atoms with van der Waals surface area (Å²) in [5.41, 5.74) is 1.07. The van der Waals surface area contributed by atoms with Crippen molar-refractivity contribution in [3.63, 3.8) is 0 Å². The van der Waals surface area contributed by atoms with Crippen LogP contribution in [-0.4, -0.2) is 51.8 Å². The molecule has 1 saturated heterocycles. The fourth-order valence-corrected chi connectivity index (χ4v) is 4.01. The average molecular weight is 421 g/mol. The lowest BCUT2D eigenvalue weighted by Gasteiger charge is -2.36. The number of carbonyl (C=O) groups is 1. The second-order valence-electron chi connectivity index (χ2n) is 6.77. The third kappa shape index (κ3) is 4.12. The highest BCUT2D eigenvalue weighted by atomic mass is 32.1. The highest BCUT2D eigenvalue weighted by Crippen LogP contribution is 2.32. The van der Waals surface area contributed by atoms with Crippen LogP contribution in [0.4, 0.5) is 18.9 Å². The molecule has 1 aromatic carbocycles. The summed E-state index contributed by atoms with van der Waals surface area (Å²) in [6.45, 7) is 1.78. The van der Waals surface area contributed by atoms with E-state index in [0.29, 0.717) is 37.6 Å². The van der Waals surface area contributed by atoms with Gasteiger partial charge in [0.1, 0.15) is 10.7 Å². The predicted molar refractivity (Wildman–Crippen MR) is 104 cm³/mol. The minimum atomic E-state index is -4.37. The summed E-state index contributed by atoms with van der Waals surface area (Å²) in [6, 6.07) is 5.28. The first kappa shape index (κ1) is 19.4. The molecule has 0 N–H and O–H groups in total. The predicted octanol–water partition coefficient (Wildman–Crippen LogP) is 3.52. The van der Waals surface area contributed by atoms with Gasteiger partial charge >= 0.3 is 6.18 Å². The number of benzene rings is 1. The molecule has 0 aliphatic carbocycles. The van der Waals surface area contributed by atoms with Gasteiger partial charge in [-0.3, -0.25) is 9.48 Å². The summed E-state index contributed by atoms with van der Waals surface area (Å²) in [5, 5.41) is 6.56. The molecule has 3 aromatic rings. The molecule has 0 saturated carbocycles. The fraction of sp³-hybridized carbons (Fsp3) is 0.316. The molecular formula is C19H18F3N5OS. The Balaban J connectivity index is 1.41. The van der Waals surface area contributed by atoms with Gasteiger partial charge in [0, 0.05) is 56.1 Å². The van der Waals surface area contributed by atoms with Crippen molar-refractivity contribution < 1.29 is 18.0 Å². The van der Waals surface area contributed by atoms with Gasteiger partial charge in [-0.1, -0.05) is 6.07 Å². The number of piperazine rings is 1. The van der Waals surface area contributed by atoms with Crippen molar-refractivity contribution in [2.24, 2.45) is 7.05 Å².